The van der Waals surface area contributed by atoms with E-state index in [1.54, 1.807) is 0 Å². The highest BCUT2D eigenvalue weighted by Gasteiger charge is 2.15. The lowest BCUT2D eigenvalue weighted by molar-refractivity contribution is 0.102. The molecule has 7 nitrogen and oxygen atoms in total. The molecule has 138 valence electrons. The van der Waals surface area contributed by atoms with E-state index >= 15 is 0 Å². The van der Waals surface area contributed by atoms with Crippen molar-refractivity contribution in [1.29, 1.82) is 0 Å². The van der Waals surface area contributed by atoms with Gasteiger partial charge in [-0.15, -0.1) is 0 Å². The number of nitrogens with zero attached hydrogens (tertiary/aromatic N) is 2. The van der Waals surface area contributed by atoms with E-state index in [0.717, 1.165) is 25.4 Å². The van der Waals surface area contributed by atoms with Crippen molar-refractivity contribution in [1.82, 2.24) is 14.9 Å². The molecule has 26 heavy (non-hydrogen) atoms. The summed E-state index contributed by atoms with van der Waals surface area (Å²) >= 11 is 1.42. The van der Waals surface area contributed by atoms with E-state index in [1.807, 2.05) is 0 Å². The first-order chi connectivity index (χ1) is 12.5. The first kappa shape index (κ1) is 18.4. The number of likely N-dealkylation sites (tertiary alicyclic amines) is 1. The fourth-order valence-corrected chi connectivity index (χ4v) is 3.59. The second-order valence-corrected chi connectivity index (χ2v) is 7.07. The molecule has 1 aliphatic heterocycles. The van der Waals surface area contributed by atoms with E-state index in [2.05, 4.69) is 20.2 Å². The van der Waals surface area contributed by atoms with Gasteiger partial charge >= 0.3 is 0 Å². The Hall–Kier alpha value is -2.39. The average Bonchev–Trinajstić information content (AvgIpc) is 3.12. The SMILES string of the molecule is Nc1nc(SCCN2CCCC2)[nH]c(=O)c1NC(=O)c1ccc(F)cc1. The third-order valence-electron chi connectivity index (χ3n) is 4.12. The van der Waals surface area contributed by atoms with E-state index in [1.165, 1.54) is 48.9 Å². The first-order valence-corrected chi connectivity index (χ1v) is 9.33. The van der Waals surface area contributed by atoms with Crippen molar-refractivity contribution in [2.45, 2.75) is 18.0 Å². The molecule has 0 atom stereocenters. The molecule has 9 heteroatoms. The van der Waals surface area contributed by atoms with Gasteiger partial charge in [-0.05, 0) is 50.2 Å². The van der Waals surface area contributed by atoms with E-state index in [9.17, 15) is 14.0 Å². The number of H-pyrrole nitrogens is 1. The van der Waals surface area contributed by atoms with E-state index in [4.69, 9.17) is 5.73 Å². The van der Waals surface area contributed by atoms with Gasteiger partial charge in [-0.3, -0.25) is 14.6 Å². The van der Waals surface area contributed by atoms with Gasteiger partial charge in [0.05, 0.1) is 0 Å². The minimum absolute atomic E-state index is 0.0483. The fourth-order valence-electron chi connectivity index (χ4n) is 2.72. The van der Waals surface area contributed by atoms with Crippen LogP contribution >= 0.6 is 11.8 Å². The van der Waals surface area contributed by atoms with Crippen molar-refractivity contribution in [2.75, 3.05) is 36.4 Å². The first-order valence-electron chi connectivity index (χ1n) is 8.35. The van der Waals surface area contributed by atoms with Crippen LogP contribution in [0.15, 0.2) is 34.2 Å². The molecular weight excluding hydrogens is 357 g/mol. The van der Waals surface area contributed by atoms with Gasteiger partial charge in [0, 0.05) is 17.9 Å². The zero-order chi connectivity index (χ0) is 18.5. The zero-order valence-corrected chi connectivity index (χ0v) is 14.9. The Morgan fingerprint density at radius 3 is 2.65 bits per heavy atom. The van der Waals surface area contributed by atoms with Crippen molar-refractivity contribution >= 4 is 29.2 Å². The molecular formula is C17H20FN5O2S. The van der Waals surface area contributed by atoms with Gasteiger partial charge < -0.3 is 16.0 Å². The maximum atomic E-state index is 12.9. The molecule has 0 spiro atoms. The number of aromatic nitrogens is 2. The van der Waals surface area contributed by atoms with Crippen LogP contribution in [0.1, 0.15) is 23.2 Å². The Balaban J connectivity index is 1.63. The van der Waals surface area contributed by atoms with Gasteiger partial charge in [0.25, 0.3) is 11.5 Å². The van der Waals surface area contributed by atoms with E-state index in [-0.39, 0.29) is 17.1 Å². The van der Waals surface area contributed by atoms with Crippen LogP contribution in [0.5, 0.6) is 0 Å². The lowest BCUT2D eigenvalue weighted by atomic mass is 10.2. The van der Waals surface area contributed by atoms with Gasteiger partial charge in [0.1, 0.15) is 11.5 Å². The number of nitrogens with two attached hydrogens (primary N) is 1. The van der Waals surface area contributed by atoms with Crippen molar-refractivity contribution in [3.63, 3.8) is 0 Å². The predicted octanol–water partition coefficient (Wildman–Crippen LogP) is 1.93. The van der Waals surface area contributed by atoms with Gasteiger partial charge in [-0.1, -0.05) is 11.8 Å². The average molecular weight is 377 g/mol. The predicted molar refractivity (Wildman–Crippen MR) is 100 cm³/mol. The summed E-state index contributed by atoms with van der Waals surface area (Å²) in [7, 11) is 0. The van der Waals surface area contributed by atoms with Gasteiger partial charge in [0.2, 0.25) is 0 Å². The number of amides is 1. The summed E-state index contributed by atoms with van der Waals surface area (Å²) in [6.45, 7) is 3.15. The second-order valence-electron chi connectivity index (χ2n) is 5.99. The number of nitrogen functional groups attached to an aromatic ring is 1. The molecule has 1 aromatic carbocycles. The standard InChI is InChI=1S/C17H20FN5O2S/c18-12-5-3-11(4-6-12)15(24)20-13-14(19)21-17(22-16(13)25)26-10-9-23-7-1-2-8-23/h3-6H,1-2,7-10H2,(H,20,24)(H3,19,21,22,25). The maximum absolute atomic E-state index is 12.9. The Labute approximate surface area is 154 Å². The molecule has 0 saturated carbocycles. The summed E-state index contributed by atoms with van der Waals surface area (Å²) < 4.78 is 12.9. The van der Waals surface area contributed by atoms with Crippen LogP contribution in [0.25, 0.3) is 0 Å². The molecule has 2 heterocycles. The second kappa shape index (κ2) is 8.33. The third kappa shape index (κ3) is 4.61. The summed E-state index contributed by atoms with van der Waals surface area (Å²) in [5.41, 5.74) is 5.43. The largest absolute Gasteiger partial charge is 0.382 e. The summed E-state index contributed by atoms with van der Waals surface area (Å²) in [5, 5.41) is 2.85. The molecule has 0 unspecified atom stereocenters. The number of hydrogen-bond donors (Lipinski definition) is 3. The van der Waals surface area contributed by atoms with Crippen molar-refractivity contribution < 1.29 is 9.18 Å². The smallest absolute Gasteiger partial charge is 0.277 e. The highest BCUT2D eigenvalue weighted by molar-refractivity contribution is 7.99. The number of anilines is 2. The summed E-state index contributed by atoms with van der Waals surface area (Å²) in [4.78, 5) is 33.5. The number of hydrogen-bond acceptors (Lipinski definition) is 6. The molecule has 0 bridgehead atoms. The van der Waals surface area contributed by atoms with Gasteiger partial charge in [0.15, 0.2) is 11.0 Å². The van der Waals surface area contributed by atoms with Gasteiger partial charge in [-0.25, -0.2) is 9.37 Å². The molecule has 0 aliphatic carbocycles. The Morgan fingerprint density at radius 1 is 1.31 bits per heavy atom. The summed E-state index contributed by atoms with van der Waals surface area (Å²) in [5.74, 6) is -0.258. The monoisotopic (exact) mass is 377 g/mol. The number of carbonyl (C=O) groups is 1. The number of aromatic amines is 1. The zero-order valence-electron chi connectivity index (χ0n) is 14.1. The van der Waals surface area contributed by atoms with Gasteiger partial charge in [-0.2, -0.15) is 0 Å². The summed E-state index contributed by atoms with van der Waals surface area (Å²) in [6, 6.07) is 4.98. The van der Waals surface area contributed by atoms with Crippen LogP contribution in [-0.2, 0) is 0 Å². The lowest BCUT2D eigenvalue weighted by Gasteiger charge is -2.13. The Kier molecular flexibility index (Phi) is 5.89. The number of rotatable bonds is 6. The van der Waals surface area contributed by atoms with Crippen molar-refractivity contribution in [3.8, 4) is 0 Å². The quantitative estimate of drug-likeness (QED) is 0.525. The minimum Gasteiger partial charge on any atom is -0.382 e. The molecule has 1 fully saturated rings. The number of thioether (sulfide) groups is 1. The topological polar surface area (TPSA) is 104 Å². The minimum atomic E-state index is -0.557. The Morgan fingerprint density at radius 2 is 2.00 bits per heavy atom. The maximum Gasteiger partial charge on any atom is 0.277 e. The van der Waals surface area contributed by atoms with E-state index < -0.39 is 17.3 Å². The fraction of sp³-hybridized carbons (Fsp3) is 0.353. The van der Waals surface area contributed by atoms with Crippen molar-refractivity contribution in [3.05, 3.63) is 46.0 Å². The highest BCUT2D eigenvalue weighted by atomic mass is 32.2. The van der Waals surface area contributed by atoms with Crippen LogP contribution in [0.3, 0.4) is 0 Å². The molecule has 1 aliphatic rings. The summed E-state index contributed by atoms with van der Waals surface area (Å²) in [6.07, 6.45) is 2.46. The number of nitrogens with one attached hydrogen (secondary N) is 2. The number of halogens is 1. The molecule has 1 saturated heterocycles. The lowest BCUT2D eigenvalue weighted by Crippen LogP contribution is -2.24. The highest BCUT2D eigenvalue weighted by Crippen LogP contribution is 2.18. The molecule has 2 aromatic rings. The van der Waals surface area contributed by atoms with Crippen LogP contribution < -0.4 is 16.6 Å². The molecule has 0 radical (unpaired) electrons. The number of benzene rings is 1. The molecule has 1 amide bonds. The molecule has 4 N–H and O–H groups in total. The van der Waals surface area contributed by atoms with Crippen LogP contribution in [0.2, 0.25) is 0 Å². The molecule has 1 aromatic heterocycles. The third-order valence-corrected chi connectivity index (χ3v) is 4.97. The van der Waals surface area contributed by atoms with Crippen LogP contribution in [0.4, 0.5) is 15.9 Å². The van der Waals surface area contributed by atoms with E-state index in [0.29, 0.717) is 5.16 Å². The normalized spacial score (nSPS) is 14.5. The molecule has 3 rings (SSSR count). The number of carbonyl (C=O) groups excluding carboxylic acids is 1. The van der Waals surface area contributed by atoms with Crippen LogP contribution in [0, 0.1) is 5.82 Å². The van der Waals surface area contributed by atoms with Crippen molar-refractivity contribution in [2.24, 2.45) is 0 Å². The Bertz CT molecular complexity index is 834. The van der Waals surface area contributed by atoms with Crippen LogP contribution in [-0.4, -0.2) is 46.2 Å².